The first-order valence-electron chi connectivity index (χ1n) is 8.06. The van der Waals surface area contributed by atoms with E-state index in [2.05, 4.69) is 10.1 Å². The van der Waals surface area contributed by atoms with Crippen LogP contribution in [0, 0.1) is 6.92 Å². The summed E-state index contributed by atoms with van der Waals surface area (Å²) >= 11 is 0. The average molecular weight is 356 g/mol. The summed E-state index contributed by atoms with van der Waals surface area (Å²) in [6.45, 7) is 4.05. The summed E-state index contributed by atoms with van der Waals surface area (Å²) < 4.78 is 29.6. The van der Waals surface area contributed by atoms with Gasteiger partial charge in [-0.1, -0.05) is 5.16 Å². The van der Waals surface area contributed by atoms with Crippen LogP contribution in [-0.4, -0.2) is 91.5 Å². The smallest absolute Gasteiger partial charge is 0.236 e. The zero-order valence-corrected chi connectivity index (χ0v) is 15.1. The minimum absolute atomic E-state index is 0.00245. The number of amides is 1. The largest absolute Gasteiger partial charge is 0.360 e. The van der Waals surface area contributed by atoms with E-state index in [0.29, 0.717) is 19.6 Å². The van der Waals surface area contributed by atoms with E-state index in [1.165, 1.54) is 0 Å². The Morgan fingerprint density at radius 2 is 1.92 bits per heavy atom. The highest BCUT2D eigenvalue weighted by molar-refractivity contribution is 7.91. The first kappa shape index (κ1) is 17.4. The lowest BCUT2D eigenvalue weighted by atomic mass is 10.0. The van der Waals surface area contributed by atoms with Crippen LogP contribution in [0.1, 0.15) is 11.5 Å². The molecule has 0 aliphatic carbocycles. The van der Waals surface area contributed by atoms with Crippen LogP contribution >= 0.6 is 0 Å². The fraction of sp³-hybridized carbons (Fsp3) is 0.733. The van der Waals surface area contributed by atoms with Gasteiger partial charge in [0.15, 0.2) is 15.6 Å². The molecule has 1 aromatic heterocycles. The van der Waals surface area contributed by atoms with Gasteiger partial charge in [0, 0.05) is 45.3 Å². The van der Waals surface area contributed by atoms with Crippen molar-refractivity contribution in [1.29, 1.82) is 0 Å². The van der Waals surface area contributed by atoms with Crippen molar-refractivity contribution in [3.8, 4) is 0 Å². The molecule has 1 aromatic rings. The van der Waals surface area contributed by atoms with Crippen LogP contribution in [0.25, 0.3) is 0 Å². The Bertz CT molecular complexity index is 715. The Hall–Kier alpha value is -1.45. The van der Waals surface area contributed by atoms with Crippen molar-refractivity contribution in [2.75, 3.05) is 45.2 Å². The lowest BCUT2D eigenvalue weighted by molar-refractivity contribution is -0.131. The van der Waals surface area contributed by atoms with Crippen molar-refractivity contribution < 1.29 is 17.7 Å². The normalized spacial score (nSPS) is 27.1. The van der Waals surface area contributed by atoms with Crippen LogP contribution in [0.4, 0.5) is 0 Å². The molecule has 2 aliphatic rings. The van der Waals surface area contributed by atoms with Crippen molar-refractivity contribution in [3.05, 3.63) is 17.5 Å². The molecule has 134 valence electrons. The standard InChI is InChI=1S/C15H24N4O4S/c1-11-6-12(23-16-11)7-18-4-5-19(8-15(20)17(2)3)14-10-24(21,22)9-13(14)18/h6,13-14H,4-5,7-10H2,1-3H3/t13-,14+/m0/s1. The molecular formula is C15H24N4O4S. The third-order valence-corrected chi connectivity index (χ3v) is 6.48. The second-order valence-corrected chi connectivity index (χ2v) is 9.03. The summed E-state index contributed by atoms with van der Waals surface area (Å²) in [5.74, 6) is 0.993. The number of rotatable bonds is 4. The number of sulfone groups is 1. The van der Waals surface area contributed by atoms with Gasteiger partial charge in [-0.2, -0.15) is 0 Å². The molecule has 0 N–H and O–H groups in total. The number of piperazine rings is 1. The predicted octanol–water partition coefficient (Wildman–Crippen LogP) is -0.646. The maximum Gasteiger partial charge on any atom is 0.236 e. The Labute approximate surface area is 142 Å². The number of carbonyl (C=O) groups is 1. The lowest BCUT2D eigenvalue weighted by Crippen LogP contribution is -2.60. The first-order valence-corrected chi connectivity index (χ1v) is 9.88. The molecule has 2 aliphatic heterocycles. The lowest BCUT2D eigenvalue weighted by Gasteiger charge is -2.43. The molecule has 2 atom stereocenters. The highest BCUT2D eigenvalue weighted by Crippen LogP contribution is 2.28. The van der Waals surface area contributed by atoms with Gasteiger partial charge in [0.1, 0.15) is 0 Å². The summed E-state index contributed by atoms with van der Waals surface area (Å²) in [6, 6.07) is 1.63. The Kier molecular flexibility index (Phi) is 4.67. The van der Waals surface area contributed by atoms with E-state index in [0.717, 1.165) is 11.5 Å². The molecule has 3 rings (SSSR count). The quantitative estimate of drug-likeness (QED) is 0.709. The number of carbonyl (C=O) groups excluding carboxylic acids is 1. The fourth-order valence-electron chi connectivity index (χ4n) is 3.50. The fourth-order valence-corrected chi connectivity index (χ4v) is 5.54. The number of aromatic nitrogens is 1. The summed E-state index contributed by atoms with van der Waals surface area (Å²) in [7, 11) is 0.340. The number of likely N-dealkylation sites (N-methyl/N-ethyl adjacent to an activating group) is 1. The van der Waals surface area contributed by atoms with Crippen molar-refractivity contribution in [3.63, 3.8) is 0 Å². The van der Waals surface area contributed by atoms with Gasteiger partial charge in [-0.3, -0.25) is 14.6 Å². The molecule has 3 heterocycles. The number of hydrogen-bond acceptors (Lipinski definition) is 7. The number of hydrogen-bond donors (Lipinski definition) is 0. The second-order valence-electron chi connectivity index (χ2n) is 6.88. The van der Waals surface area contributed by atoms with E-state index in [-0.39, 0.29) is 36.0 Å². The zero-order chi connectivity index (χ0) is 17.5. The Balaban J connectivity index is 1.76. The highest BCUT2D eigenvalue weighted by atomic mass is 32.2. The molecule has 0 saturated carbocycles. The molecule has 0 spiro atoms. The number of aryl methyl sites for hydroxylation is 1. The zero-order valence-electron chi connectivity index (χ0n) is 14.3. The van der Waals surface area contributed by atoms with Crippen LogP contribution in [0.2, 0.25) is 0 Å². The second kappa shape index (κ2) is 6.45. The van der Waals surface area contributed by atoms with Gasteiger partial charge < -0.3 is 9.42 Å². The van der Waals surface area contributed by atoms with E-state index in [1.807, 2.05) is 17.9 Å². The van der Waals surface area contributed by atoms with Gasteiger partial charge in [0.2, 0.25) is 5.91 Å². The molecule has 8 nitrogen and oxygen atoms in total. The van der Waals surface area contributed by atoms with Crippen LogP contribution < -0.4 is 0 Å². The van der Waals surface area contributed by atoms with Gasteiger partial charge in [0.05, 0.1) is 30.3 Å². The van der Waals surface area contributed by atoms with Gasteiger partial charge in [0.25, 0.3) is 0 Å². The molecule has 1 amide bonds. The molecule has 0 aromatic carbocycles. The molecule has 9 heteroatoms. The maximum absolute atomic E-state index is 12.2. The molecule has 0 radical (unpaired) electrons. The van der Waals surface area contributed by atoms with Gasteiger partial charge >= 0.3 is 0 Å². The molecule has 2 saturated heterocycles. The molecule has 2 fully saturated rings. The van der Waals surface area contributed by atoms with Gasteiger partial charge in [-0.15, -0.1) is 0 Å². The predicted molar refractivity (Wildman–Crippen MR) is 88.1 cm³/mol. The average Bonchev–Trinajstić information content (AvgIpc) is 3.03. The minimum atomic E-state index is -3.09. The van der Waals surface area contributed by atoms with E-state index in [4.69, 9.17) is 4.52 Å². The Morgan fingerprint density at radius 1 is 1.29 bits per heavy atom. The first-order chi connectivity index (χ1) is 11.2. The third-order valence-electron chi connectivity index (χ3n) is 4.78. The van der Waals surface area contributed by atoms with E-state index < -0.39 is 9.84 Å². The minimum Gasteiger partial charge on any atom is -0.360 e. The number of nitrogens with zero attached hydrogens (tertiary/aromatic N) is 4. The summed E-state index contributed by atoms with van der Waals surface area (Å²) in [6.07, 6.45) is 0. The maximum atomic E-state index is 12.2. The SMILES string of the molecule is Cc1cc(CN2CCN(CC(=O)N(C)C)[C@@H]3CS(=O)(=O)C[C@@H]32)on1. The summed E-state index contributed by atoms with van der Waals surface area (Å²) in [4.78, 5) is 17.7. The van der Waals surface area contributed by atoms with Gasteiger partial charge in [-0.05, 0) is 6.92 Å². The third kappa shape index (κ3) is 3.62. The van der Waals surface area contributed by atoms with Crippen molar-refractivity contribution >= 4 is 15.7 Å². The van der Waals surface area contributed by atoms with Crippen molar-refractivity contribution in [1.82, 2.24) is 19.9 Å². The summed E-state index contributed by atoms with van der Waals surface area (Å²) in [5, 5.41) is 3.89. The monoisotopic (exact) mass is 356 g/mol. The number of fused-ring (bicyclic) bond motifs is 1. The molecule has 0 bridgehead atoms. The van der Waals surface area contributed by atoms with E-state index in [9.17, 15) is 13.2 Å². The molecule has 24 heavy (non-hydrogen) atoms. The van der Waals surface area contributed by atoms with Crippen LogP contribution in [0.5, 0.6) is 0 Å². The van der Waals surface area contributed by atoms with Crippen molar-refractivity contribution in [2.24, 2.45) is 0 Å². The summed E-state index contributed by atoms with van der Waals surface area (Å²) in [5.41, 5.74) is 0.816. The Morgan fingerprint density at radius 3 is 2.50 bits per heavy atom. The van der Waals surface area contributed by atoms with Crippen LogP contribution in [0.15, 0.2) is 10.6 Å². The van der Waals surface area contributed by atoms with E-state index in [1.54, 1.807) is 19.0 Å². The molecule has 0 unspecified atom stereocenters. The highest BCUT2D eigenvalue weighted by Gasteiger charge is 2.47. The van der Waals surface area contributed by atoms with E-state index >= 15 is 0 Å². The van der Waals surface area contributed by atoms with Crippen LogP contribution in [-0.2, 0) is 21.2 Å². The van der Waals surface area contributed by atoms with Gasteiger partial charge in [-0.25, -0.2) is 8.42 Å². The molecular weight excluding hydrogens is 332 g/mol. The van der Waals surface area contributed by atoms with Crippen LogP contribution in [0.3, 0.4) is 0 Å². The van der Waals surface area contributed by atoms with Crippen molar-refractivity contribution in [2.45, 2.75) is 25.6 Å². The topological polar surface area (TPSA) is 87.0 Å².